The highest BCUT2D eigenvalue weighted by Crippen LogP contribution is 2.05. The summed E-state index contributed by atoms with van der Waals surface area (Å²) in [7, 11) is 0. The van der Waals surface area contributed by atoms with Crippen molar-refractivity contribution in [3.05, 3.63) is 0 Å². The summed E-state index contributed by atoms with van der Waals surface area (Å²) < 4.78 is 0. The fourth-order valence-electron chi connectivity index (χ4n) is 1.38. The maximum Gasteiger partial charge on any atom is 0.152 e. The van der Waals surface area contributed by atoms with Gasteiger partial charge in [-0.15, -0.1) is 0 Å². The molecule has 0 aliphatic carbocycles. The molecule has 0 saturated carbocycles. The normalized spacial score (nSPS) is 23.2. The van der Waals surface area contributed by atoms with E-state index >= 15 is 0 Å². The molecule has 1 rings (SSSR count). The van der Waals surface area contributed by atoms with E-state index in [0.29, 0.717) is 6.42 Å². The molecule has 4 heteroatoms. The van der Waals surface area contributed by atoms with Crippen LogP contribution in [0.2, 0.25) is 0 Å². The van der Waals surface area contributed by atoms with Crippen LogP contribution >= 0.6 is 0 Å². The Morgan fingerprint density at radius 1 is 1.77 bits per heavy atom. The molecule has 0 aromatic carbocycles. The third-order valence-corrected chi connectivity index (χ3v) is 2.20. The summed E-state index contributed by atoms with van der Waals surface area (Å²) in [4.78, 5) is 15.5. The minimum atomic E-state index is -0.348. The Bertz CT molecular complexity index is 205. The number of hydrogen-bond acceptors (Lipinski definition) is 4. The van der Waals surface area contributed by atoms with Crippen molar-refractivity contribution >= 4 is 12.1 Å². The SMILES string of the molecule is CC(C)C(=O)[C@@H](N)CC1CN=CN1. The number of Topliss-reactive ketones (excluding diaryl/α,β-unsaturated/α-hetero) is 1. The number of aliphatic imine (C=N–C) groups is 1. The predicted molar refractivity (Wildman–Crippen MR) is 52.7 cm³/mol. The Morgan fingerprint density at radius 2 is 2.46 bits per heavy atom. The summed E-state index contributed by atoms with van der Waals surface area (Å²) >= 11 is 0. The van der Waals surface area contributed by atoms with Crippen LogP contribution in [0.25, 0.3) is 0 Å². The van der Waals surface area contributed by atoms with Crippen LogP contribution in [0.3, 0.4) is 0 Å². The zero-order chi connectivity index (χ0) is 9.84. The summed E-state index contributed by atoms with van der Waals surface area (Å²) in [6.45, 7) is 4.49. The standard InChI is InChI=1S/C9H17N3O/c1-6(2)9(13)8(10)3-7-4-11-5-12-7/h5-8H,3-4,10H2,1-2H3,(H,11,12)/t7?,8-/m0/s1. The molecule has 1 unspecified atom stereocenters. The van der Waals surface area contributed by atoms with Crippen LogP contribution in [-0.4, -0.2) is 30.8 Å². The van der Waals surface area contributed by atoms with Crippen LogP contribution < -0.4 is 11.1 Å². The van der Waals surface area contributed by atoms with Gasteiger partial charge in [-0.3, -0.25) is 9.79 Å². The number of nitrogens with two attached hydrogens (primary N) is 1. The van der Waals surface area contributed by atoms with E-state index in [1.807, 2.05) is 13.8 Å². The molecular formula is C9H17N3O. The van der Waals surface area contributed by atoms with Gasteiger partial charge in [-0.1, -0.05) is 13.8 Å². The van der Waals surface area contributed by atoms with Gasteiger partial charge < -0.3 is 11.1 Å². The Hall–Kier alpha value is -0.900. The van der Waals surface area contributed by atoms with Gasteiger partial charge in [0.1, 0.15) is 0 Å². The molecule has 2 atom stereocenters. The zero-order valence-corrected chi connectivity index (χ0v) is 8.16. The van der Waals surface area contributed by atoms with Crippen LogP contribution in [0.1, 0.15) is 20.3 Å². The van der Waals surface area contributed by atoms with Gasteiger partial charge in [0.2, 0.25) is 0 Å². The Labute approximate surface area is 78.6 Å². The molecule has 1 aliphatic rings. The van der Waals surface area contributed by atoms with E-state index in [1.165, 1.54) is 0 Å². The molecule has 0 radical (unpaired) electrons. The highest BCUT2D eigenvalue weighted by molar-refractivity contribution is 5.85. The molecule has 4 nitrogen and oxygen atoms in total. The first-order valence-corrected chi connectivity index (χ1v) is 4.65. The molecule has 0 amide bonds. The number of rotatable bonds is 4. The molecule has 0 fully saturated rings. The van der Waals surface area contributed by atoms with Crippen molar-refractivity contribution in [3.63, 3.8) is 0 Å². The molecular weight excluding hydrogens is 166 g/mol. The second kappa shape index (κ2) is 4.37. The quantitative estimate of drug-likeness (QED) is 0.641. The minimum absolute atomic E-state index is 0.0253. The minimum Gasteiger partial charge on any atom is -0.372 e. The number of carbonyl (C=O) groups is 1. The molecule has 0 saturated heterocycles. The molecule has 13 heavy (non-hydrogen) atoms. The van der Waals surface area contributed by atoms with Crippen molar-refractivity contribution in [2.24, 2.45) is 16.6 Å². The van der Waals surface area contributed by atoms with E-state index in [4.69, 9.17) is 5.73 Å². The van der Waals surface area contributed by atoms with Gasteiger partial charge in [-0.05, 0) is 6.42 Å². The number of nitrogens with zero attached hydrogens (tertiary/aromatic N) is 1. The molecule has 0 aromatic rings. The summed E-state index contributed by atoms with van der Waals surface area (Å²) in [5, 5.41) is 3.06. The van der Waals surface area contributed by atoms with Crippen molar-refractivity contribution < 1.29 is 4.79 Å². The number of nitrogens with one attached hydrogen (secondary N) is 1. The summed E-state index contributed by atoms with van der Waals surface area (Å²) in [5.41, 5.74) is 5.75. The molecule has 0 aromatic heterocycles. The fraction of sp³-hybridized carbons (Fsp3) is 0.778. The van der Waals surface area contributed by atoms with Gasteiger partial charge in [-0.25, -0.2) is 0 Å². The molecule has 3 N–H and O–H groups in total. The zero-order valence-electron chi connectivity index (χ0n) is 8.16. The van der Waals surface area contributed by atoms with Crippen molar-refractivity contribution in [1.29, 1.82) is 0 Å². The van der Waals surface area contributed by atoms with Crippen LogP contribution in [0, 0.1) is 5.92 Å². The molecule has 0 bridgehead atoms. The molecule has 0 spiro atoms. The highest BCUT2D eigenvalue weighted by Gasteiger charge is 2.21. The first-order chi connectivity index (χ1) is 6.11. The maximum absolute atomic E-state index is 11.4. The lowest BCUT2D eigenvalue weighted by Crippen LogP contribution is -2.40. The highest BCUT2D eigenvalue weighted by atomic mass is 16.1. The van der Waals surface area contributed by atoms with Crippen LogP contribution in [-0.2, 0) is 4.79 Å². The van der Waals surface area contributed by atoms with E-state index in [9.17, 15) is 4.79 Å². The topological polar surface area (TPSA) is 67.5 Å². The van der Waals surface area contributed by atoms with E-state index in [-0.39, 0.29) is 23.8 Å². The van der Waals surface area contributed by atoms with Gasteiger partial charge in [0.15, 0.2) is 5.78 Å². The van der Waals surface area contributed by atoms with Crippen LogP contribution in [0.15, 0.2) is 4.99 Å². The van der Waals surface area contributed by atoms with Crippen LogP contribution in [0.4, 0.5) is 0 Å². The number of hydrogen-bond donors (Lipinski definition) is 2. The first-order valence-electron chi connectivity index (χ1n) is 4.65. The maximum atomic E-state index is 11.4. The van der Waals surface area contributed by atoms with Gasteiger partial charge in [0.25, 0.3) is 0 Å². The predicted octanol–water partition coefficient (Wildman–Crippen LogP) is -0.0710. The van der Waals surface area contributed by atoms with Gasteiger partial charge >= 0.3 is 0 Å². The second-order valence-electron chi connectivity index (χ2n) is 3.76. The van der Waals surface area contributed by atoms with Crippen molar-refractivity contribution in [2.75, 3.05) is 6.54 Å². The van der Waals surface area contributed by atoms with E-state index in [2.05, 4.69) is 10.3 Å². The summed E-state index contributed by atoms with van der Waals surface area (Å²) in [5.74, 6) is 0.158. The average molecular weight is 183 g/mol. The van der Waals surface area contributed by atoms with Crippen molar-refractivity contribution in [2.45, 2.75) is 32.4 Å². The third-order valence-electron chi connectivity index (χ3n) is 2.20. The average Bonchev–Trinajstić information content (AvgIpc) is 2.55. The lowest BCUT2D eigenvalue weighted by Gasteiger charge is -2.16. The van der Waals surface area contributed by atoms with Crippen molar-refractivity contribution in [1.82, 2.24) is 5.32 Å². The van der Waals surface area contributed by atoms with Crippen molar-refractivity contribution in [3.8, 4) is 0 Å². The number of ketones is 1. The Kier molecular flexibility index (Phi) is 3.42. The largest absolute Gasteiger partial charge is 0.372 e. The van der Waals surface area contributed by atoms with Gasteiger partial charge in [0, 0.05) is 12.0 Å². The Balaban J connectivity index is 2.32. The number of carbonyl (C=O) groups excluding carboxylic acids is 1. The fourth-order valence-corrected chi connectivity index (χ4v) is 1.38. The van der Waals surface area contributed by atoms with E-state index < -0.39 is 0 Å². The molecule has 1 aliphatic heterocycles. The monoisotopic (exact) mass is 183 g/mol. The Morgan fingerprint density at radius 3 is 2.92 bits per heavy atom. The van der Waals surface area contributed by atoms with Gasteiger partial charge in [0.05, 0.1) is 18.9 Å². The molecule has 1 heterocycles. The van der Waals surface area contributed by atoms with E-state index in [1.54, 1.807) is 6.34 Å². The smallest absolute Gasteiger partial charge is 0.152 e. The van der Waals surface area contributed by atoms with Crippen LogP contribution in [0.5, 0.6) is 0 Å². The summed E-state index contributed by atoms with van der Waals surface area (Å²) in [6.07, 6.45) is 2.36. The summed E-state index contributed by atoms with van der Waals surface area (Å²) in [6, 6.07) is -0.100. The molecule has 74 valence electrons. The second-order valence-corrected chi connectivity index (χ2v) is 3.76. The lowest BCUT2D eigenvalue weighted by atomic mass is 9.97. The first kappa shape index (κ1) is 10.2. The van der Waals surface area contributed by atoms with E-state index in [0.717, 1.165) is 6.54 Å². The lowest BCUT2D eigenvalue weighted by molar-refractivity contribution is -0.123. The van der Waals surface area contributed by atoms with Gasteiger partial charge in [-0.2, -0.15) is 0 Å². The third kappa shape index (κ3) is 2.81.